The van der Waals surface area contributed by atoms with E-state index in [0.29, 0.717) is 10.8 Å². The van der Waals surface area contributed by atoms with E-state index in [1.807, 2.05) is 6.07 Å². The molecule has 56 valence electrons. The topological polar surface area (TPSA) is 33.0 Å². The Labute approximate surface area is 70.0 Å². The Balaban J connectivity index is 2.65. The Morgan fingerprint density at radius 3 is 3.00 bits per heavy atom. The van der Waals surface area contributed by atoms with E-state index in [1.165, 1.54) is 0 Å². The molecule has 11 heavy (non-hydrogen) atoms. The molecule has 1 rings (SSSR count). The Bertz CT molecular complexity index is 280. The lowest BCUT2D eigenvalue weighted by Crippen LogP contribution is -1.92. The van der Waals surface area contributed by atoms with Crippen molar-refractivity contribution in [1.82, 2.24) is 0 Å². The Kier molecular flexibility index (Phi) is 2.76. The molecular formula is C8H6ClNO. The van der Waals surface area contributed by atoms with Crippen LogP contribution in [0.2, 0.25) is 5.02 Å². The van der Waals surface area contributed by atoms with Crippen molar-refractivity contribution in [3.05, 3.63) is 29.3 Å². The highest BCUT2D eigenvalue weighted by Gasteiger charge is 1.92. The third-order valence-electron chi connectivity index (χ3n) is 1.10. The van der Waals surface area contributed by atoms with E-state index in [2.05, 4.69) is 0 Å². The number of rotatable bonds is 2. The van der Waals surface area contributed by atoms with Crippen LogP contribution >= 0.6 is 11.6 Å². The fraction of sp³-hybridized carbons (Fsp3) is 0.125. The van der Waals surface area contributed by atoms with Gasteiger partial charge >= 0.3 is 0 Å². The summed E-state index contributed by atoms with van der Waals surface area (Å²) in [7, 11) is 0. The first-order valence-electron chi connectivity index (χ1n) is 3.08. The molecule has 2 nitrogen and oxygen atoms in total. The molecular weight excluding hydrogens is 162 g/mol. The number of nitrogens with zero attached hydrogens (tertiary/aromatic N) is 1. The molecule has 1 aromatic carbocycles. The van der Waals surface area contributed by atoms with E-state index >= 15 is 0 Å². The van der Waals surface area contributed by atoms with Gasteiger partial charge in [0.2, 0.25) is 0 Å². The normalized spacial score (nSPS) is 8.73. The third kappa shape index (κ3) is 2.48. The van der Waals surface area contributed by atoms with Crippen LogP contribution in [0.4, 0.5) is 0 Å². The minimum absolute atomic E-state index is 0.0559. The standard InChI is InChI=1S/C8H6ClNO/c9-7-2-1-3-8(6-7)11-5-4-10/h1-3,6H,5H2. The van der Waals surface area contributed by atoms with Crippen molar-refractivity contribution < 1.29 is 4.74 Å². The van der Waals surface area contributed by atoms with Gasteiger partial charge in [0.1, 0.15) is 11.8 Å². The van der Waals surface area contributed by atoms with Crippen LogP contribution in [-0.2, 0) is 0 Å². The van der Waals surface area contributed by atoms with Crippen molar-refractivity contribution in [2.75, 3.05) is 6.61 Å². The summed E-state index contributed by atoms with van der Waals surface area (Å²) in [6, 6.07) is 8.81. The van der Waals surface area contributed by atoms with Gasteiger partial charge in [-0.05, 0) is 18.2 Å². The van der Waals surface area contributed by atoms with Gasteiger partial charge in [0.15, 0.2) is 6.61 Å². The first-order valence-corrected chi connectivity index (χ1v) is 3.46. The highest BCUT2D eigenvalue weighted by atomic mass is 35.5. The zero-order valence-electron chi connectivity index (χ0n) is 5.75. The van der Waals surface area contributed by atoms with Gasteiger partial charge in [-0.1, -0.05) is 17.7 Å². The molecule has 0 aliphatic heterocycles. The lowest BCUT2D eigenvalue weighted by Gasteiger charge is -1.99. The second kappa shape index (κ2) is 3.85. The molecule has 0 bridgehead atoms. The van der Waals surface area contributed by atoms with Crippen LogP contribution in [-0.4, -0.2) is 6.61 Å². The van der Waals surface area contributed by atoms with E-state index in [9.17, 15) is 0 Å². The van der Waals surface area contributed by atoms with Crippen molar-refractivity contribution in [1.29, 1.82) is 5.26 Å². The van der Waals surface area contributed by atoms with Gasteiger partial charge in [0.05, 0.1) is 0 Å². The van der Waals surface area contributed by atoms with E-state index in [0.717, 1.165) is 0 Å². The molecule has 0 atom stereocenters. The zero-order chi connectivity index (χ0) is 8.10. The largest absolute Gasteiger partial charge is 0.479 e. The summed E-state index contributed by atoms with van der Waals surface area (Å²) < 4.78 is 4.99. The number of halogens is 1. The molecule has 0 heterocycles. The maximum atomic E-state index is 8.19. The quantitative estimate of drug-likeness (QED) is 0.677. The van der Waals surface area contributed by atoms with E-state index in [-0.39, 0.29) is 6.61 Å². The molecule has 0 radical (unpaired) electrons. The van der Waals surface area contributed by atoms with Gasteiger partial charge in [-0.2, -0.15) is 5.26 Å². The SMILES string of the molecule is N#CCOc1cccc(Cl)c1. The van der Waals surface area contributed by atoms with Crippen LogP contribution in [0, 0.1) is 11.3 Å². The van der Waals surface area contributed by atoms with Crippen molar-refractivity contribution in [2.45, 2.75) is 0 Å². The number of nitriles is 1. The first-order chi connectivity index (χ1) is 5.33. The fourth-order valence-corrected chi connectivity index (χ4v) is 0.853. The number of hydrogen-bond donors (Lipinski definition) is 0. The predicted molar refractivity (Wildman–Crippen MR) is 42.6 cm³/mol. The number of benzene rings is 1. The van der Waals surface area contributed by atoms with Gasteiger partial charge in [-0.25, -0.2) is 0 Å². The highest BCUT2D eigenvalue weighted by Crippen LogP contribution is 2.16. The molecule has 0 saturated carbocycles. The van der Waals surface area contributed by atoms with Gasteiger partial charge in [-0.15, -0.1) is 0 Å². The summed E-state index contributed by atoms with van der Waals surface area (Å²) in [5, 5.41) is 8.80. The average molecular weight is 168 g/mol. The lowest BCUT2D eigenvalue weighted by molar-refractivity contribution is 0.368. The predicted octanol–water partition coefficient (Wildman–Crippen LogP) is 2.24. The highest BCUT2D eigenvalue weighted by molar-refractivity contribution is 6.30. The first kappa shape index (κ1) is 7.90. The Hall–Kier alpha value is -1.20. The molecule has 1 aromatic rings. The molecule has 0 saturated heterocycles. The summed E-state index contributed by atoms with van der Waals surface area (Å²) in [5.41, 5.74) is 0. The summed E-state index contributed by atoms with van der Waals surface area (Å²) in [5.74, 6) is 0.624. The maximum Gasteiger partial charge on any atom is 0.174 e. The minimum atomic E-state index is 0.0559. The molecule has 0 unspecified atom stereocenters. The van der Waals surface area contributed by atoms with Crippen LogP contribution in [0.1, 0.15) is 0 Å². The van der Waals surface area contributed by atoms with E-state index < -0.39 is 0 Å². The van der Waals surface area contributed by atoms with Crippen molar-refractivity contribution in [3.63, 3.8) is 0 Å². The average Bonchev–Trinajstić information content (AvgIpc) is 2.01. The van der Waals surface area contributed by atoms with Crippen LogP contribution in [0.15, 0.2) is 24.3 Å². The van der Waals surface area contributed by atoms with Gasteiger partial charge < -0.3 is 4.74 Å². The van der Waals surface area contributed by atoms with Gasteiger partial charge in [0.25, 0.3) is 0 Å². The van der Waals surface area contributed by atoms with Crippen LogP contribution in [0.25, 0.3) is 0 Å². The molecule has 0 fully saturated rings. The van der Waals surface area contributed by atoms with Crippen molar-refractivity contribution in [2.24, 2.45) is 0 Å². The minimum Gasteiger partial charge on any atom is -0.479 e. The molecule has 0 N–H and O–H groups in total. The van der Waals surface area contributed by atoms with Crippen molar-refractivity contribution >= 4 is 11.6 Å². The lowest BCUT2D eigenvalue weighted by atomic mass is 10.3. The van der Waals surface area contributed by atoms with Gasteiger partial charge in [0, 0.05) is 5.02 Å². The Morgan fingerprint density at radius 1 is 1.55 bits per heavy atom. The maximum absolute atomic E-state index is 8.19. The monoisotopic (exact) mass is 167 g/mol. The molecule has 0 amide bonds. The third-order valence-corrected chi connectivity index (χ3v) is 1.33. The zero-order valence-corrected chi connectivity index (χ0v) is 6.51. The van der Waals surface area contributed by atoms with E-state index in [1.54, 1.807) is 24.3 Å². The molecule has 0 aliphatic rings. The second-order valence-corrected chi connectivity index (χ2v) is 2.34. The van der Waals surface area contributed by atoms with Crippen LogP contribution < -0.4 is 4.74 Å². The number of ether oxygens (including phenoxy) is 1. The molecule has 0 aromatic heterocycles. The molecule has 0 spiro atoms. The smallest absolute Gasteiger partial charge is 0.174 e. The van der Waals surface area contributed by atoms with E-state index in [4.69, 9.17) is 21.6 Å². The summed E-state index contributed by atoms with van der Waals surface area (Å²) in [4.78, 5) is 0. The van der Waals surface area contributed by atoms with Crippen LogP contribution in [0.5, 0.6) is 5.75 Å². The summed E-state index contributed by atoms with van der Waals surface area (Å²) in [6.45, 7) is 0.0559. The van der Waals surface area contributed by atoms with Crippen molar-refractivity contribution in [3.8, 4) is 11.8 Å². The molecule has 3 heteroatoms. The fourth-order valence-electron chi connectivity index (χ4n) is 0.672. The summed E-state index contributed by atoms with van der Waals surface area (Å²) >= 11 is 5.66. The summed E-state index contributed by atoms with van der Waals surface area (Å²) in [6.07, 6.45) is 0. The molecule has 0 aliphatic carbocycles. The van der Waals surface area contributed by atoms with Crippen LogP contribution in [0.3, 0.4) is 0 Å². The Morgan fingerprint density at radius 2 is 2.36 bits per heavy atom. The second-order valence-electron chi connectivity index (χ2n) is 1.90. The van der Waals surface area contributed by atoms with Gasteiger partial charge in [-0.3, -0.25) is 0 Å². The number of hydrogen-bond acceptors (Lipinski definition) is 2.